The molecule has 0 spiro atoms. The molecule has 0 bridgehead atoms. The number of imide groups is 1. The number of aliphatic imine (C=N–C) groups is 1. The van der Waals surface area contributed by atoms with Gasteiger partial charge in [-0.3, -0.25) is 29.2 Å². The van der Waals surface area contributed by atoms with E-state index in [0.717, 1.165) is 0 Å². The van der Waals surface area contributed by atoms with Crippen molar-refractivity contribution in [2.75, 3.05) is 26.4 Å². The minimum absolute atomic E-state index is 0.000940. The number of carbonyl (C=O) groups is 3. The van der Waals surface area contributed by atoms with Crippen LogP contribution in [0.15, 0.2) is 88.1 Å². The molecule has 2 unspecified atom stereocenters. The van der Waals surface area contributed by atoms with Crippen molar-refractivity contribution in [2.45, 2.75) is 45.5 Å². The predicted octanol–water partition coefficient (Wildman–Crippen LogP) is 5.48. The Hall–Kier alpha value is -3.42. The molecular weight excluding hydrogens is 520 g/mol. The number of amides is 3. The molecule has 10 heteroatoms. The van der Waals surface area contributed by atoms with Crippen molar-refractivity contribution in [3.8, 4) is 0 Å². The smallest absolute Gasteiger partial charge is 0.261 e. The summed E-state index contributed by atoms with van der Waals surface area (Å²) in [7, 11) is -1.21. The molecule has 4 aliphatic rings. The Morgan fingerprint density at radius 2 is 2.05 bits per heavy atom. The standard InChI is InChI=1S/C29H33FN3O5P/c1-4-21(9-8-16-37-17-14-30)33-25(31-26-12-5-6-18-39(26)29(33)36)13-15-32-27(34)23-11-7-10-22(38-20(2)3)19-24(23)28(32)35/h4-12,18,20,26H,13-17,19H2,1-3H3/b9-8-,21-4+. The maximum atomic E-state index is 13.6. The van der Waals surface area contributed by atoms with E-state index in [9.17, 15) is 18.8 Å². The number of ether oxygens (including phenoxy) is 2. The van der Waals surface area contributed by atoms with Crippen molar-refractivity contribution in [1.29, 1.82) is 0 Å². The molecule has 39 heavy (non-hydrogen) atoms. The third-order valence-electron chi connectivity index (χ3n) is 6.30. The van der Waals surface area contributed by atoms with Crippen molar-refractivity contribution in [1.82, 2.24) is 9.80 Å². The SMILES string of the molecule is C/C=C(\C=C/COCCF)N1C(=O)P2C=CC=CC2N=C1CCN1C(=O)C2=C(CC(OC(C)C)=CC=C2)C1=O. The normalized spacial score (nSPS) is 23.1. The fourth-order valence-corrected chi connectivity index (χ4v) is 6.41. The fourth-order valence-electron chi connectivity index (χ4n) is 4.59. The maximum Gasteiger partial charge on any atom is 0.261 e. The van der Waals surface area contributed by atoms with E-state index in [1.807, 2.05) is 44.8 Å². The van der Waals surface area contributed by atoms with Crippen LogP contribution in [0.1, 0.15) is 33.6 Å². The Balaban J connectivity index is 1.53. The van der Waals surface area contributed by atoms with Crippen LogP contribution in [0.2, 0.25) is 0 Å². The number of halogens is 1. The van der Waals surface area contributed by atoms with Crippen molar-refractivity contribution < 1.29 is 28.2 Å². The lowest BCUT2D eigenvalue weighted by Gasteiger charge is -2.36. The first-order chi connectivity index (χ1) is 18.8. The average molecular weight is 554 g/mol. The number of alkyl halides is 1. The van der Waals surface area contributed by atoms with Gasteiger partial charge in [0.2, 0.25) is 0 Å². The minimum atomic E-state index is -1.21. The Morgan fingerprint density at radius 3 is 2.79 bits per heavy atom. The molecule has 3 aliphatic heterocycles. The number of hydrogen-bond donors (Lipinski definition) is 0. The molecule has 0 saturated heterocycles. The van der Waals surface area contributed by atoms with Crippen LogP contribution in [0.5, 0.6) is 0 Å². The Kier molecular flexibility index (Phi) is 9.59. The first-order valence-corrected chi connectivity index (χ1v) is 14.5. The van der Waals surface area contributed by atoms with Gasteiger partial charge >= 0.3 is 0 Å². The zero-order valence-electron chi connectivity index (χ0n) is 22.4. The summed E-state index contributed by atoms with van der Waals surface area (Å²) in [5, 5.41) is 0. The van der Waals surface area contributed by atoms with E-state index in [-0.39, 0.29) is 61.9 Å². The van der Waals surface area contributed by atoms with Crippen LogP contribution in [-0.2, 0) is 19.1 Å². The number of carbonyl (C=O) groups excluding carboxylic acids is 3. The van der Waals surface area contributed by atoms with E-state index < -0.39 is 14.6 Å². The number of nitrogens with zero attached hydrogens (tertiary/aromatic N) is 3. The number of rotatable bonds is 11. The van der Waals surface area contributed by atoms with E-state index in [0.29, 0.717) is 28.4 Å². The first-order valence-electron chi connectivity index (χ1n) is 13.0. The van der Waals surface area contributed by atoms with Crippen LogP contribution in [0, 0.1) is 0 Å². The van der Waals surface area contributed by atoms with E-state index in [2.05, 4.69) is 0 Å². The Labute approximate surface area is 229 Å². The molecule has 0 fully saturated rings. The molecule has 0 saturated carbocycles. The van der Waals surface area contributed by atoms with Gasteiger partial charge in [0.25, 0.3) is 17.5 Å². The Bertz CT molecular complexity index is 1260. The van der Waals surface area contributed by atoms with Crippen molar-refractivity contribution in [3.63, 3.8) is 0 Å². The van der Waals surface area contributed by atoms with Gasteiger partial charge < -0.3 is 9.47 Å². The summed E-state index contributed by atoms with van der Waals surface area (Å²) >= 11 is 0. The van der Waals surface area contributed by atoms with E-state index in [4.69, 9.17) is 14.5 Å². The van der Waals surface area contributed by atoms with Gasteiger partial charge in [-0.2, -0.15) is 0 Å². The summed E-state index contributed by atoms with van der Waals surface area (Å²) in [6.07, 6.45) is 16.4. The molecule has 8 nitrogen and oxygen atoms in total. The van der Waals surface area contributed by atoms with Crippen LogP contribution in [0.3, 0.4) is 0 Å². The zero-order chi connectivity index (χ0) is 27.9. The number of amidine groups is 1. The first kappa shape index (κ1) is 28.6. The van der Waals surface area contributed by atoms with Crippen LogP contribution in [0.25, 0.3) is 0 Å². The zero-order valence-corrected chi connectivity index (χ0v) is 23.3. The van der Waals surface area contributed by atoms with Gasteiger partial charge in [-0.15, -0.1) is 0 Å². The molecule has 3 amide bonds. The number of fused-ring (bicyclic) bond motifs is 1. The van der Waals surface area contributed by atoms with Gasteiger partial charge in [-0.1, -0.05) is 36.5 Å². The fraction of sp³-hybridized carbons (Fsp3) is 0.379. The molecule has 3 heterocycles. The van der Waals surface area contributed by atoms with E-state index in [1.54, 1.807) is 41.4 Å². The third kappa shape index (κ3) is 6.43. The number of hydrogen-bond acceptors (Lipinski definition) is 6. The van der Waals surface area contributed by atoms with Crippen molar-refractivity contribution in [3.05, 3.63) is 83.1 Å². The van der Waals surface area contributed by atoms with Gasteiger partial charge in [-0.05, 0) is 44.8 Å². The topological polar surface area (TPSA) is 88.5 Å². The van der Waals surface area contributed by atoms with Gasteiger partial charge in [0.1, 0.15) is 24.1 Å². The summed E-state index contributed by atoms with van der Waals surface area (Å²) in [4.78, 5) is 47.9. The summed E-state index contributed by atoms with van der Waals surface area (Å²) in [6.45, 7) is 5.34. The van der Waals surface area contributed by atoms with Gasteiger partial charge in [0, 0.05) is 44.2 Å². The Morgan fingerprint density at radius 1 is 1.23 bits per heavy atom. The lowest BCUT2D eigenvalue weighted by atomic mass is 10.1. The molecule has 4 rings (SSSR count). The van der Waals surface area contributed by atoms with E-state index >= 15 is 0 Å². The highest BCUT2D eigenvalue weighted by atomic mass is 31.1. The average Bonchev–Trinajstić information content (AvgIpc) is 3.04. The van der Waals surface area contributed by atoms with Crippen LogP contribution in [-0.4, -0.2) is 71.4 Å². The summed E-state index contributed by atoms with van der Waals surface area (Å²) in [5.41, 5.74) is 1.29. The molecular formula is C29H33FN3O5P. The highest BCUT2D eigenvalue weighted by Crippen LogP contribution is 2.52. The quantitative estimate of drug-likeness (QED) is 0.146. The molecule has 0 aromatic heterocycles. The lowest BCUT2D eigenvalue weighted by Crippen LogP contribution is -2.42. The lowest BCUT2D eigenvalue weighted by molar-refractivity contribution is -0.137. The molecule has 2 atom stereocenters. The molecule has 1 aliphatic carbocycles. The molecule has 0 radical (unpaired) electrons. The van der Waals surface area contributed by atoms with Crippen LogP contribution < -0.4 is 0 Å². The second-order valence-electron chi connectivity index (χ2n) is 9.33. The molecule has 206 valence electrons. The van der Waals surface area contributed by atoms with Gasteiger partial charge in [0.05, 0.1) is 19.3 Å². The highest BCUT2D eigenvalue weighted by molar-refractivity contribution is 7.78. The van der Waals surface area contributed by atoms with Crippen LogP contribution >= 0.6 is 7.92 Å². The second-order valence-corrected chi connectivity index (χ2v) is 11.4. The number of allylic oxidation sites excluding steroid dienone is 7. The molecule has 0 aromatic carbocycles. The predicted molar refractivity (Wildman–Crippen MR) is 150 cm³/mol. The third-order valence-corrected chi connectivity index (χ3v) is 8.29. The summed E-state index contributed by atoms with van der Waals surface area (Å²) in [6, 6.07) is 0. The van der Waals surface area contributed by atoms with Gasteiger partial charge in [0.15, 0.2) is 0 Å². The summed E-state index contributed by atoms with van der Waals surface area (Å²) < 4.78 is 23.3. The van der Waals surface area contributed by atoms with E-state index in [1.165, 1.54) is 4.90 Å². The molecule has 0 aromatic rings. The van der Waals surface area contributed by atoms with Crippen molar-refractivity contribution in [2.24, 2.45) is 4.99 Å². The van der Waals surface area contributed by atoms with Crippen LogP contribution in [0.4, 0.5) is 9.18 Å². The maximum absolute atomic E-state index is 13.6. The van der Waals surface area contributed by atoms with Gasteiger partial charge in [-0.25, -0.2) is 4.39 Å². The molecule has 0 N–H and O–H groups in total. The van der Waals surface area contributed by atoms with Crippen molar-refractivity contribution >= 4 is 31.2 Å². The second kappa shape index (κ2) is 13.1. The summed E-state index contributed by atoms with van der Waals surface area (Å²) in [5.74, 6) is 2.00. The highest BCUT2D eigenvalue weighted by Gasteiger charge is 2.41. The monoisotopic (exact) mass is 553 g/mol. The minimum Gasteiger partial charge on any atom is -0.495 e. The largest absolute Gasteiger partial charge is 0.495 e.